The van der Waals surface area contributed by atoms with Crippen molar-refractivity contribution in [3.8, 4) is 23.0 Å². The van der Waals surface area contributed by atoms with E-state index in [-0.39, 0.29) is 12.6 Å². The number of benzene rings is 1. The molecule has 2 aliphatic heterocycles. The Morgan fingerprint density at radius 1 is 1.24 bits per heavy atom. The molecule has 0 bridgehead atoms. The van der Waals surface area contributed by atoms with Gasteiger partial charge in [0.15, 0.2) is 5.82 Å². The summed E-state index contributed by atoms with van der Waals surface area (Å²) in [6, 6.07) is 8.74. The molecule has 152 valence electrons. The molecule has 1 saturated heterocycles. The maximum Gasteiger partial charge on any atom is 0.178 e. The molecule has 1 aromatic carbocycles. The Bertz CT molecular complexity index is 1020. The molecule has 8 nitrogen and oxygen atoms in total. The standard InChI is InChI=1S/C21H26N6O2/c1-14(2)26-21(22-13-23-26)18-10-17-5-8-29-20-4-3-15(9-19(20)27(17)24-18)16-11-25(12-16)6-7-28/h3-4,9-10,13-14,16,28H,5-8,11-12H2,1-2H3. The van der Waals surface area contributed by atoms with Gasteiger partial charge in [-0.2, -0.15) is 10.2 Å². The average molecular weight is 394 g/mol. The van der Waals surface area contributed by atoms with E-state index in [1.165, 1.54) is 5.56 Å². The Hall–Kier alpha value is -2.71. The van der Waals surface area contributed by atoms with Gasteiger partial charge in [0.05, 0.1) is 13.2 Å². The number of ether oxygens (including phenoxy) is 1. The number of hydrogen-bond acceptors (Lipinski definition) is 6. The van der Waals surface area contributed by atoms with Gasteiger partial charge in [0.1, 0.15) is 23.5 Å². The Balaban J connectivity index is 1.51. The Labute approximate surface area is 169 Å². The summed E-state index contributed by atoms with van der Waals surface area (Å²) >= 11 is 0. The van der Waals surface area contributed by atoms with Crippen LogP contribution in [0.2, 0.25) is 0 Å². The van der Waals surface area contributed by atoms with Crippen molar-refractivity contribution in [1.82, 2.24) is 29.4 Å². The van der Waals surface area contributed by atoms with Crippen LogP contribution in [0.25, 0.3) is 17.2 Å². The molecule has 1 N–H and O–H groups in total. The smallest absolute Gasteiger partial charge is 0.178 e. The molecule has 0 unspecified atom stereocenters. The van der Waals surface area contributed by atoms with Crippen molar-refractivity contribution in [3.05, 3.63) is 41.9 Å². The van der Waals surface area contributed by atoms with Crippen molar-refractivity contribution in [2.24, 2.45) is 0 Å². The molecule has 0 amide bonds. The van der Waals surface area contributed by atoms with Crippen LogP contribution in [-0.4, -0.2) is 67.4 Å². The lowest BCUT2D eigenvalue weighted by atomic mass is 9.91. The van der Waals surface area contributed by atoms with Gasteiger partial charge in [0.25, 0.3) is 0 Å². The second-order valence-corrected chi connectivity index (χ2v) is 8.06. The van der Waals surface area contributed by atoms with Crippen molar-refractivity contribution in [1.29, 1.82) is 0 Å². The second kappa shape index (κ2) is 7.27. The van der Waals surface area contributed by atoms with Crippen LogP contribution in [0.1, 0.15) is 37.1 Å². The summed E-state index contributed by atoms with van der Waals surface area (Å²) in [5.74, 6) is 2.13. The molecular formula is C21H26N6O2. The van der Waals surface area contributed by atoms with Crippen LogP contribution in [0, 0.1) is 0 Å². The van der Waals surface area contributed by atoms with Crippen molar-refractivity contribution in [2.75, 3.05) is 32.8 Å². The van der Waals surface area contributed by atoms with Crippen LogP contribution < -0.4 is 4.74 Å². The number of aliphatic hydroxyl groups is 1. The Morgan fingerprint density at radius 3 is 2.90 bits per heavy atom. The number of likely N-dealkylation sites (tertiary alicyclic amines) is 1. The molecule has 0 atom stereocenters. The van der Waals surface area contributed by atoms with Crippen LogP contribution in [0.3, 0.4) is 0 Å². The highest BCUT2D eigenvalue weighted by Crippen LogP contribution is 2.35. The molecule has 29 heavy (non-hydrogen) atoms. The fraction of sp³-hybridized carbons (Fsp3) is 0.476. The number of hydrogen-bond donors (Lipinski definition) is 1. The topological polar surface area (TPSA) is 81.2 Å². The molecule has 2 aromatic heterocycles. The van der Waals surface area contributed by atoms with Gasteiger partial charge in [-0.05, 0) is 37.6 Å². The van der Waals surface area contributed by atoms with Gasteiger partial charge in [-0.15, -0.1) is 0 Å². The predicted molar refractivity (Wildman–Crippen MR) is 108 cm³/mol. The van der Waals surface area contributed by atoms with Crippen molar-refractivity contribution >= 4 is 0 Å². The molecule has 0 saturated carbocycles. The highest BCUT2D eigenvalue weighted by Gasteiger charge is 2.29. The maximum absolute atomic E-state index is 9.11. The van der Waals surface area contributed by atoms with Crippen LogP contribution in [0.4, 0.5) is 0 Å². The van der Waals surface area contributed by atoms with Crippen LogP contribution in [0.5, 0.6) is 5.75 Å². The molecular weight excluding hydrogens is 368 g/mol. The monoisotopic (exact) mass is 394 g/mol. The lowest BCUT2D eigenvalue weighted by Crippen LogP contribution is -2.46. The SMILES string of the molecule is CC(C)n1ncnc1-c1cc2n(n1)-c1cc(C3CN(CCO)C3)ccc1OCC2. The maximum atomic E-state index is 9.11. The van der Waals surface area contributed by atoms with Gasteiger partial charge in [-0.1, -0.05) is 6.07 Å². The van der Waals surface area contributed by atoms with E-state index >= 15 is 0 Å². The Morgan fingerprint density at radius 2 is 2.10 bits per heavy atom. The van der Waals surface area contributed by atoms with E-state index < -0.39 is 0 Å². The third kappa shape index (κ3) is 3.22. The fourth-order valence-electron chi connectivity index (χ4n) is 4.17. The number of nitrogens with zero attached hydrogens (tertiary/aromatic N) is 6. The number of β-amino-alcohol motifs (C(OH)–C–C–N with tert-alkyl or cyclic N) is 1. The Kier molecular flexibility index (Phi) is 4.60. The molecule has 0 spiro atoms. The largest absolute Gasteiger partial charge is 0.491 e. The van der Waals surface area contributed by atoms with Gasteiger partial charge in [0.2, 0.25) is 0 Å². The molecule has 0 radical (unpaired) electrons. The highest BCUT2D eigenvalue weighted by molar-refractivity contribution is 5.56. The average Bonchev–Trinajstić information content (AvgIpc) is 3.29. The van der Waals surface area contributed by atoms with Crippen LogP contribution in [0.15, 0.2) is 30.6 Å². The van der Waals surface area contributed by atoms with Crippen LogP contribution in [-0.2, 0) is 6.42 Å². The molecule has 5 rings (SSSR count). The summed E-state index contributed by atoms with van der Waals surface area (Å²) in [4.78, 5) is 6.71. The zero-order valence-corrected chi connectivity index (χ0v) is 16.8. The normalized spacial score (nSPS) is 16.8. The summed E-state index contributed by atoms with van der Waals surface area (Å²) in [5, 5.41) is 18.4. The lowest BCUT2D eigenvalue weighted by Gasteiger charge is -2.39. The van der Waals surface area contributed by atoms with E-state index in [9.17, 15) is 0 Å². The van der Waals surface area contributed by atoms with Gasteiger partial charge in [0, 0.05) is 43.7 Å². The highest BCUT2D eigenvalue weighted by atomic mass is 16.5. The van der Waals surface area contributed by atoms with Gasteiger partial charge in [-0.25, -0.2) is 14.3 Å². The summed E-state index contributed by atoms with van der Waals surface area (Å²) < 4.78 is 9.90. The van der Waals surface area contributed by atoms with E-state index in [2.05, 4.69) is 53.1 Å². The minimum absolute atomic E-state index is 0.213. The van der Waals surface area contributed by atoms with E-state index in [1.807, 2.05) is 9.36 Å². The summed E-state index contributed by atoms with van der Waals surface area (Å²) in [6.07, 6.45) is 2.38. The van der Waals surface area contributed by atoms with Crippen molar-refractivity contribution in [2.45, 2.75) is 32.2 Å². The number of fused-ring (bicyclic) bond motifs is 3. The minimum Gasteiger partial charge on any atom is -0.491 e. The number of aliphatic hydroxyl groups excluding tert-OH is 1. The first-order valence-corrected chi connectivity index (χ1v) is 10.2. The summed E-state index contributed by atoms with van der Waals surface area (Å²) in [6.45, 7) is 7.73. The molecule has 0 aliphatic carbocycles. The van der Waals surface area contributed by atoms with Gasteiger partial charge >= 0.3 is 0 Å². The van der Waals surface area contributed by atoms with Gasteiger partial charge < -0.3 is 9.84 Å². The number of aromatic nitrogens is 5. The molecule has 1 fully saturated rings. The van der Waals surface area contributed by atoms with Crippen LogP contribution >= 0.6 is 0 Å². The van der Waals surface area contributed by atoms with Gasteiger partial charge in [-0.3, -0.25) is 4.90 Å². The second-order valence-electron chi connectivity index (χ2n) is 8.06. The van der Waals surface area contributed by atoms with Crippen molar-refractivity contribution < 1.29 is 9.84 Å². The third-order valence-electron chi connectivity index (χ3n) is 5.75. The van der Waals surface area contributed by atoms with E-state index in [1.54, 1.807) is 6.33 Å². The van der Waals surface area contributed by atoms with E-state index in [0.717, 1.165) is 54.7 Å². The molecule has 4 heterocycles. The fourth-order valence-corrected chi connectivity index (χ4v) is 4.17. The zero-order valence-electron chi connectivity index (χ0n) is 16.8. The zero-order chi connectivity index (χ0) is 20.0. The quantitative estimate of drug-likeness (QED) is 0.713. The third-order valence-corrected chi connectivity index (χ3v) is 5.75. The number of rotatable bonds is 5. The first-order chi connectivity index (χ1) is 14.1. The van der Waals surface area contributed by atoms with E-state index in [0.29, 0.717) is 12.5 Å². The molecule has 8 heteroatoms. The van der Waals surface area contributed by atoms with E-state index in [4.69, 9.17) is 14.9 Å². The first kappa shape index (κ1) is 18.3. The lowest BCUT2D eigenvalue weighted by molar-refractivity contribution is 0.115. The predicted octanol–water partition coefficient (Wildman–Crippen LogP) is 2.04. The minimum atomic E-state index is 0.213. The summed E-state index contributed by atoms with van der Waals surface area (Å²) in [5.41, 5.74) is 4.22. The molecule has 2 aliphatic rings. The first-order valence-electron chi connectivity index (χ1n) is 10.2. The summed E-state index contributed by atoms with van der Waals surface area (Å²) in [7, 11) is 0. The molecule has 3 aromatic rings. The van der Waals surface area contributed by atoms with Crippen molar-refractivity contribution in [3.63, 3.8) is 0 Å².